The third kappa shape index (κ3) is 4.04. The van der Waals surface area contributed by atoms with E-state index in [2.05, 4.69) is 21.2 Å². The number of nitrogens with one attached hydrogen (secondary N) is 1. The van der Waals surface area contributed by atoms with E-state index in [-0.39, 0.29) is 17.7 Å². The van der Waals surface area contributed by atoms with Gasteiger partial charge in [-0.05, 0) is 47.8 Å². The summed E-state index contributed by atoms with van der Waals surface area (Å²) in [7, 11) is 0. The number of nitrogens with two attached hydrogens (primary N) is 1. The van der Waals surface area contributed by atoms with Gasteiger partial charge in [0.1, 0.15) is 0 Å². The third-order valence-electron chi connectivity index (χ3n) is 3.70. The van der Waals surface area contributed by atoms with Crippen LogP contribution < -0.4 is 11.1 Å². The first-order chi connectivity index (χ1) is 9.99. The van der Waals surface area contributed by atoms with Crippen molar-refractivity contribution in [1.82, 2.24) is 4.90 Å². The molecule has 1 aliphatic heterocycles. The molecule has 2 amide bonds. The van der Waals surface area contributed by atoms with Crippen LogP contribution in [0.1, 0.15) is 19.8 Å². The predicted molar refractivity (Wildman–Crippen MR) is 85.7 cm³/mol. The number of anilines is 1. The summed E-state index contributed by atoms with van der Waals surface area (Å²) < 4.78 is 0.864. The Labute approximate surface area is 133 Å². The van der Waals surface area contributed by atoms with Crippen molar-refractivity contribution in [3.05, 3.63) is 28.7 Å². The van der Waals surface area contributed by atoms with Crippen LogP contribution in [-0.4, -0.2) is 35.8 Å². The van der Waals surface area contributed by atoms with Crippen molar-refractivity contribution < 1.29 is 9.59 Å². The van der Waals surface area contributed by atoms with Crippen molar-refractivity contribution >= 4 is 33.4 Å². The molecule has 114 valence electrons. The maximum Gasteiger partial charge on any atom is 0.239 e. The van der Waals surface area contributed by atoms with Crippen molar-refractivity contribution in [3.63, 3.8) is 0 Å². The van der Waals surface area contributed by atoms with E-state index in [0.29, 0.717) is 25.9 Å². The van der Waals surface area contributed by atoms with E-state index in [1.807, 2.05) is 24.3 Å². The van der Waals surface area contributed by atoms with E-state index in [4.69, 9.17) is 5.73 Å². The second-order valence-electron chi connectivity index (χ2n) is 5.36. The quantitative estimate of drug-likeness (QED) is 0.872. The number of halogens is 1. The number of carbonyl (C=O) groups excluding carboxylic acids is 2. The van der Waals surface area contributed by atoms with Crippen molar-refractivity contribution in [2.45, 2.75) is 25.8 Å². The zero-order chi connectivity index (χ0) is 15.4. The summed E-state index contributed by atoms with van der Waals surface area (Å²) in [6.45, 7) is 2.87. The molecule has 1 fully saturated rings. The van der Waals surface area contributed by atoms with Crippen LogP contribution in [0.15, 0.2) is 28.7 Å². The lowest BCUT2D eigenvalue weighted by Crippen LogP contribution is -2.47. The largest absolute Gasteiger partial charge is 0.341 e. The normalized spacial score (nSPS) is 17.4. The highest BCUT2D eigenvalue weighted by Crippen LogP contribution is 2.24. The molecule has 21 heavy (non-hydrogen) atoms. The van der Waals surface area contributed by atoms with Gasteiger partial charge in [0.15, 0.2) is 0 Å². The highest BCUT2D eigenvalue weighted by molar-refractivity contribution is 9.10. The molecule has 1 aromatic rings. The van der Waals surface area contributed by atoms with E-state index in [9.17, 15) is 9.59 Å². The lowest BCUT2D eigenvalue weighted by Gasteiger charge is -2.32. The highest BCUT2D eigenvalue weighted by Gasteiger charge is 2.28. The second kappa shape index (κ2) is 7.04. The summed E-state index contributed by atoms with van der Waals surface area (Å²) >= 11 is 3.41. The molecule has 1 aromatic carbocycles. The Balaban J connectivity index is 1.89. The van der Waals surface area contributed by atoms with Crippen molar-refractivity contribution in [2.24, 2.45) is 11.7 Å². The molecule has 0 bridgehead atoms. The van der Waals surface area contributed by atoms with Crippen molar-refractivity contribution in [2.75, 3.05) is 18.4 Å². The third-order valence-corrected chi connectivity index (χ3v) is 4.39. The average molecular weight is 354 g/mol. The summed E-state index contributed by atoms with van der Waals surface area (Å²) in [4.78, 5) is 25.8. The molecule has 0 aromatic heterocycles. The van der Waals surface area contributed by atoms with Crippen LogP contribution in [-0.2, 0) is 9.59 Å². The molecule has 5 nitrogen and oxygen atoms in total. The summed E-state index contributed by atoms with van der Waals surface area (Å²) in [6, 6.07) is 7.05. The Hall–Kier alpha value is -1.40. The van der Waals surface area contributed by atoms with Crippen LogP contribution in [0, 0.1) is 5.92 Å². The maximum atomic E-state index is 12.3. The SMILES string of the molecule is C[C@@H](N)C(=O)N1CCC(C(=O)Nc2ccccc2Br)CC1. The molecule has 1 atom stereocenters. The molecular weight excluding hydrogens is 334 g/mol. The smallest absolute Gasteiger partial charge is 0.239 e. The first kappa shape index (κ1) is 16.0. The zero-order valence-corrected chi connectivity index (χ0v) is 13.6. The van der Waals surface area contributed by atoms with Gasteiger partial charge in [0.2, 0.25) is 11.8 Å². The van der Waals surface area contributed by atoms with Crippen LogP contribution in [0.25, 0.3) is 0 Å². The van der Waals surface area contributed by atoms with Gasteiger partial charge in [0.05, 0.1) is 11.7 Å². The predicted octanol–water partition coefficient (Wildman–Crippen LogP) is 1.97. The van der Waals surface area contributed by atoms with Crippen LogP contribution in [0.2, 0.25) is 0 Å². The molecule has 2 rings (SSSR count). The lowest BCUT2D eigenvalue weighted by atomic mass is 9.95. The Morgan fingerprint density at radius 1 is 1.33 bits per heavy atom. The topological polar surface area (TPSA) is 75.4 Å². The molecule has 1 aliphatic rings. The van der Waals surface area contributed by atoms with E-state index in [0.717, 1.165) is 10.2 Å². The summed E-state index contributed by atoms with van der Waals surface area (Å²) in [6.07, 6.45) is 1.35. The number of para-hydroxylation sites is 1. The number of nitrogens with zero attached hydrogens (tertiary/aromatic N) is 1. The van der Waals surface area contributed by atoms with E-state index >= 15 is 0 Å². The number of piperidine rings is 1. The number of hydrogen-bond donors (Lipinski definition) is 2. The molecule has 3 N–H and O–H groups in total. The standard InChI is InChI=1S/C15H20BrN3O2/c1-10(17)15(21)19-8-6-11(7-9-19)14(20)18-13-5-3-2-4-12(13)16/h2-5,10-11H,6-9,17H2,1H3,(H,18,20)/t10-/m1/s1. The zero-order valence-electron chi connectivity index (χ0n) is 12.0. The van der Waals surface area contributed by atoms with E-state index in [1.54, 1.807) is 11.8 Å². The monoisotopic (exact) mass is 353 g/mol. The molecule has 1 saturated heterocycles. The van der Waals surface area contributed by atoms with Gasteiger partial charge < -0.3 is 16.0 Å². The number of rotatable bonds is 3. The van der Waals surface area contributed by atoms with Gasteiger partial charge in [-0.2, -0.15) is 0 Å². The Kier molecular flexibility index (Phi) is 5.36. The number of carbonyl (C=O) groups is 2. The number of hydrogen-bond acceptors (Lipinski definition) is 3. The van der Waals surface area contributed by atoms with Gasteiger partial charge in [-0.25, -0.2) is 0 Å². The number of benzene rings is 1. The van der Waals surface area contributed by atoms with Gasteiger partial charge in [-0.1, -0.05) is 12.1 Å². The highest BCUT2D eigenvalue weighted by atomic mass is 79.9. The van der Waals surface area contributed by atoms with Crippen LogP contribution in [0.3, 0.4) is 0 Å². The van der Waals surface area contributed by atoms with E-state index in [1.165, 1.54) is 0 Å². The lowest BCUT2D eigenvalue weighted by molar-refractivity contribution is -0.135. The van der Waals surface area contributed by atoms with Crippen molar-refractivity contribution in [3.8, 4) is 0 Å². The van der Waals surface area contributed by atoms with Gasteiger partial charge >= 0.3 is 0 Å². The van der Waals surface area contributed by atoms with Gasteiger partial charge in [0, 0.05) is 23.5 Å². The van der Waals surface area contributed by atoms with Crippen LogP contribution >= 0.6 is 15.9 Å². The minimum Gasteiger partial charge on any atom is -0.341 e. The molecule has 6 heteroatoms. The maximum absolute atomic E-state index is 12.3. The van der Waals surface area contributed by atoms with Crippen LogP contribution in [0.4, 0.5) is 5.69 Å². The average Bonchev–Trinajstić information content (AvgIpc) is 2.49. The Morgan fingerprint density at radius 3 is 2.52 bits per heavy atom. The van der Waals surface area contributed by atoms with Gasteiger partial charge in [-0.3, -0.25) is 9.59 Å². The first-order valence-electron chi connectivity index (χ1n) is 7.09. The minimum absolute atomic E-state index is 0.00907. The molecule has 0 unspecified atom stereocenters. The minimum atomic E-state index is -0.476. The molecule has 0 aliphatic carbocycles. The Bertz CT molecular complexity index is 525. The summed E-state index contributed by atoms with van der Waals surface area (Å²) in [5.74, 6) is -0.0938. The molecule has 0 radical (unpaired) electrons. The fraction of sp³-hybridized carbons (Fsp3) is 0.467. The first-order valence-corrected chi connectivity index (χ1v) is 7.88. The van der Waals surface area contributed by atoms with Gasteiger partial charge in [0.25, 0.3) is 0 Å². The second-order valence-corrected chi connectivity index (χ2v) is 6.21. The number of likely N-dealkylation sites (tertiary alicyclic amines) is 1. The van der Waals surface area contributed by atoms with E-state index < -0.39 is 6.04 Å². The van der Waals surface area contributed by atoms with Crippen molar-refractivity contribution in [1.29, 1.82) is 0 Å². The fourth-order valence-corrected chi connectivity index (χ4v) is 2.83. The molecule has 1 heterocycles. The van der Waals surface area contributed by atoms with Crippen LogP contribution in [0.5, 0.6) is 0 Å². The molecule has 0 spiro atoms. The summed E-state index contributed by atoms with van der Waals surface area (Å²) in [5, 5.41) is 2.93. The number of amides is 2. The summed E-state index contributed by atoms with van der Waals surface area (Å²) in [5.41, 5.74) is 6.38. The fourth-order valence-electron chi connectivity index (χ4n) is 2.45. The molecular formula is C15H20BrN3O2. The molecule has 0 saturated carbocycles. The van der Waals surface area contributed by atoms with Gasteiger partial charge in [-0.15, -0.1) is 0 Å². The Morgan fingerprint density at radius 2 is 1.95 bits per heavy atom.